The monoisotopic (exact) mass is 657 g/mol. The molecule has 0 N–H and O–H groups in total. The Bertz CT molecular complexity index is 2870. The van der Waals surface area contributed by atoms with Crippen molar-refractivity contribution < 1.29 is 4.42 Å². The van der Waals surface area contributed by atoms with Gasteiger partial charge in [-0.3, -0.25) is 0 Å². The Kier molecular flexibility index (Phi) is 6.64. The number of nitrogens with zero attached hydrogens (tertiary/aromatic N) is 3. The van der Waals surface area contributed by atoms with Crippen LogP contribution < -0.4 is 0 Å². The van der Waals surface area contributed by atoms with Crippen molar-refractivity contribution in [3.05, 3.63) is 164 Å². The third kappa shape index (κ3) is 4.79. The Labute approximate surface area is 292 Å². The van der Waals surface area contributed by atoms with Crippen molar-refractivity contribution in [1.82, 2.24) is 15.0 Å². The Balaban J connectivity index is 1.12. The summed E-state index contributed by atoms with van der Waals surface area (Å²) >= 11 is 1.79. The molecule has 0 bridgehead atoms. The quantitative estimate of drug-likeness (QED) is 0.185. The second-order valence-corrected chi connectivity index (χ2v) is 13.5. The average molecular weight is 658 g/mol. The van der Waals surface area contributed by atoms with Gasteiger partial charge in [-0.2, -0.15) is 0 Å². The van der Waals surface area contributed by atoms with Gasteiger partial charge in [0.2, 0.25) is 0 Å². The van der Waals surface area contributed by atoms with Gasteiger partial charge in [0.15, 0.2) is 17.5 Å². The second kappa shape index (κ2) is 11.6. The van der Waals surface area contributed by atoms with Crippen LogP contribution in [0.15, 0.2) is 168 Å². The van der Waals surface area contributed by atoms with E-state index < -0.39 is 0 Å². The van der Waals surface area contributed by atoms with Gasteiger partial charge >= 0.3 is 0 Å². The molecule has 0 saturated heterocycles. The molecule has 0 unspecified atom stereocenters. The van der Waals surface area contributed by atoms with Gasteiger partial charge in [-0.25, -0.2) is 15.0 Å². The van der Waals surface area contributed by atoms with E-state index in [1.54, 1.807) is 11.3 Å². The first kappa shape index (κ1) is 28.6. The van der Waals surface area contributed by atoms with Crippen LogP contribution in [0, 0.1) is 0 Å². The summed E-state index contributed by atoms with van der Waals surface area (Å²) in [6.45, 7) is 0. The van der Waals surface area contributed by atoms with E-state index in [1.807, 2.05) is 30.3 Å². The third-order valence-electron chi connectivity index (χ3n) is 9.36. The number of rotatable bonds is 5. The molecule has 0 radical (unpaired) electrons. The van der Waals surface area contributed by atoms with Crippen LogP contribution in [0.4, 0.5) is 0 Å². The highest BCUT2D eigenvalue weighted by Gasteiger charge is 2.18. The van der Waals surface area contributed by atoms with Crippen molar-refractivity contribution in [3.8, 4) is 56.4 Å². The smallest absolute Gasteiger partial charge is 0.164 e. The molecule has 7 aromatic carbocycles. The molecule has 10 aromatic rings. The third-order valence-corrected chi connectivity index (χ3v) is 10.5. The van der Waals surface area contributed by atoms with E-state index in [0.717, 1.165) is 44.2 Å². The molecular weight excluding hydrogens is 631 g/mol. The zero-order valence-electron chi connectivity index (χ0n) is 26.7. The first-order valence-electron chi connectivity index (χ1n) is 16.6. The summed E-state index contributed by atoms with van der Waals surface area (Å²) in [5.74, 6) is 1.88. The standard InChI is InChI=1S/C45H27N3OS/c1-3-12-28(13-4-1)32-16-7-8-17-33(32)30-23-25-38-37(26-30)34-24-22-31(27-39(34)49-38)44-46-43(29-14-5-2-6-15-29)47-45(48-44)36-19-11-21-41-42(36)35-18-9-10-20-40(35)50-41/h1-27H. The molecule has 0 aliphatic carbocycles. The summed E-state index contributed by atoms with van der Waals surface area (Å²) in [5.41, 5.74) is 9.17. The SMILES string of the molecule is c1ccc(-c2nc(-c3ccc4c(c3)oc3ccc(-c5ccccc5-c5ccccc5)cc34)nc(-c3cccc4sc5ccccc5c34)n2)cc1. The predicted molar refractivity (Wildman–Crippen MR) is 207 cm³/mol. The van der Waals surface area contributed by atoms with Crippen LogP contribution in [0.25, 0.3) is 98.5 Å². The van der Waals surface area contributed by atoms with Crippen molar-refractivity contribution in [2.24, 2.45) is 0 Å². The number of aromatic nitrogens is 3. The molecular formula is C45H27N3OS. The molecule has 0 amide bonds. The minimum Gasteiger partial charge on any atom is -0.456 e. The fraction of sp³-hybridized carbons (Fsp3) is 0. The Hall–Kier alpha value is -6.43. The van der Waals surface area contributed by atoms with Crippen molar-refractivity contribution in [3.63, 3.8) is 0 Å². The first-order valence-corrected chi connectivity index (χ1v) is 17.4. The summed E-state index contributed by atoms with van der Waals surface area (Å²) in [6, 6.07) is 56.9. The molecule has 0 aliphatic rings. The molecule has 0 saturated carbocycles. The van der Waals surface area contributed by atoms with E-state index in [-0.39, 0.29) is 0 Å². The van der Waals surface area contributed by atoms with Crippen LogP contribution in [0.5, 0.6) is 0 Å². The average Bonchev–Trinajstić information content (AvgIpc) is 3.76. The summed E-state index contributed by atoms with van der Waals surface area (Å²) in [7, 11) is 0. The van der Waals surface area contributed by atoms with Gasteiger partial charge in [-0.1, -0.05) is 127 Å². The molecule has 3 aromatic heterocycles. The molecule has 3 heterocycles. The minimum atomic E-state index is 0.602. The van der Waals surface area contributed by atoms with Gasteiger partial charge in [0.25, 0.3) is 0 Å². The van der Waals surface area contributed by atoms with Gasteiger partial charge in [0.05, 0.1) is 0 Å². The highest BCUT2D eigenvalue weighted by Crippen LogP contribution is 2.41. The van der Waals surface area contributed by atoms with E-state index in [1.165, 1.54) is 36.9 Å². The number of thiophene rings is 1. The van der Waals surface area contributed by atoms with Crippen LogP contribution in [0.3, 0.4) is 0 Å². The van der Waals surface area contributed by atoms with E-state index in [9.17, 15) is 0 Å². The fourth-order valence-electron chi connectivity index (χ4n) is 6.99. The highest BCUT2D eigenvalue weighted by atomic mass is 32.1. The maximum atomic E-state index is 6.48. The van der Waals surface area contributed by atoms with Crippen molar-refractivity contribution in [2.75, 3.05) is 0 Å². The number of furan rings is 1. The van der Waals surface area contributed by atoms with Gasteiger partial charge < -0.3 is 4.42 Å². The van der Waals surface area contributed by atoms with E-state index >= 15 is 0 Å². The minimum absolute atomic E-state index is 0.602. The van der Waals surface area contributed by atoms with E-state index in [2.05, 4.69) is 133 Å². The molecule has 0 fully saturated rings. The molecule has 0 aliphatic heterocycles. The molecule has 4 nitrogen and oxygen atoms in total. The van der Waals surface area contributed by atoms with Crippen molar-refractivity contribution in [2.45, 2.75) is 0 Å². The van der Waals surface area contributed by atoms with Crippen LogP contribution in [0.2, 0.25) is 0 Å². The molecule has 50 heavy (non-hydrogen) atoms. The molecule has 5 heteroatoms. The molecule has 0 spiro atoms. The van der Waals surface area contributed by atoms with Crippen LogP contribution >= 0.6 is 11.3 Å². The van der Waals surface area contributed by atoms with E-state index in [0.29, 0.717) is 17.5 Å². The lowest BCUT2D eigenvalue weighted by Crippen LogP contribution is -2.00. The molecule has 0 atom stereocenters. The van der Waals surface area contributed by atoms with Crippen molar-refractivity contribution >= 4 is 53.4 Å². The van der Waals surface area contributed by atoms with Crippen LogP contribution in [0.1, 0.15) is 0 Å². The first-order chi connectivity index (χ1) is 24.8. The number of hydrogen-bond donors (Lipinski definition) is 0. The summed E-state index contributed by atoms with van der Waals surface area (Å²) in [6.07, 6.45) is 0. The van der Waals surface area contributed by atoms with Crippen LogP contribution in [-0.2, 0) is 0 Å². The molecule has 10 rings (SSSR count). The number of fused-ring (bicyclic) bond motifs is 6. The second-order valence-electron chi connectivity index (χ2n) is 12.4. The topological polar surface area (TPSA) is 51.8 Å². The Morgan fingerprint density at radius 1 is 0.360 bits per heavy atom. The van der Waals surface area contributed by atoms with Gasteiger partial charge in [0, 0.05) is 47.6 Å². The highest BCUT2D eigenvalue weighted by molar-refractivity contribution is 7.25. The zero-order valence-corrected chi connectivity index (χ0v) is 27.6. The maximum absolute atomic E-state index is 6.48. The van der Waals surface area contributed by atoms with Gasteiger partial charge in [-0.05, 0) is 58.7 Å². The van der Waals surface area contributed by atoms with Gasteiger partial charge in [-0.15, -0.1) is 11.3 Å². The van der Waals surface area contributed by atoms with E-state index in [4.69, 9.17) is 19.4 Å². The lowest BCUT2D eigenvalue weighted by molar-refractivity contribution is 0.669. The Morgan fingerprint density at radius 3 is 1.80 bits per heavy atom. The van der Waals surface area contributed by atoms with Gasteiger partial charge in [0.1, 0.15) is 11.2 Å². The van der Waals surface area contributed by atoms with Crippen molar-refractivity contribution in [1.29, 1.82) is 0 Å². The number of hydrogen-bond acceptors (Lipinski definition) is 5. The number of benzene rings is 7. The summed E-state index contributed by atoms with van der Waals surface area (Å²) in [4.78, 5) is 15.2. The zero-order chi connectivity index (χ0) is 33.0. The lowest BCUT2D eigenvalue weighted by atomic mass is 9.94. The normalized spacial score (nSPS) is 11.6. The van der Waals surface area contributed by atoms with Crippen LogP contribution in [-0.4, -0.2) is 15.0 Å². The summed E-state index contributed by atoms with van der Waals surface area (Å²) in [5, 5.41) is 4.50. The Morgan fingerprint density at radius 2 is 0.980 bits per heavy atom. The largest absolute Gasteiger partial charge is 0.456 e. The lowest BCUT2D eigenvalue weighted by Gasteiger charge is -2.10. The fourth-order valence-corrected chi connectivity index (χ4v) is 8.12. The molecule has 234 valence electrons. The predicted octanol–water partition coefficient (Wildman–Crippen LogP) is 12.5. The maximum Gasteiger partial charge on any atom is 0.164 e. The summed E-state index contributed by atoms with van der Waals surface area (Å²) < 4.78 is 8.93.